The molecule has 0 bridgehead atoms. The first kappa shape index (κ1) is 12.7. The van der Waals surface area contributed by atoms with Crippen molar-refractivity contribution in [2.75, 3.05) is 0 Å². The Bertz CT molecular complexity index is 684. The number of hydrogen-bond donors (Lipinski definition) is 1. The lowest BCUT2D eigenvalue weighted by molar-refractivity contribution is 0.580. The zero-order chi connectivity index (χ0) is 13.5. The van der Waals surface area contributed by atoms with Crippen LogP contribution in [0.3, 0.4) is 0 Å². The van der Waals surface area contributed by atoms with Crippen LogP contribution in [0.2, 0.25) is 0 Å². The standard InChI is InChI=1S/C9H14N6O2S/c1-4-7-6(5-14(2)13-7)8-11-12-9(15(8)3)18(10,16)17/h5H,4H2,1-3H3,(H2,10,16,17). The van der Waals surface area contributed by atoms with Gasteiger partial charge >= 0.3 is 0 Å². The Hall–Kier alpha value is -1.74. The summed E-state index contributed by atoms with van der Waals surface area (Å²) in [6.07, 6.45) is 2.49. The molecular weight excluding hydrogens is 256 g/mol. The second-order valence-corrected chi connectivity index (χ2v) is 5.38. The second kappa shape index (κ2) is 4.18. The van der Waals surface area contributed by atoms with Crippen LogP contribution in [-0.2, 0) is 30.5 Å². The average Bonchev–Trinajstić information content (AvgIpc) is 2.80. The van der Waals surface area contributed by atoms with Gasteiger partial charge in [0.1, 0.15) is 0 Å². The summed E-state index contributed by atoms with van der Waals surface area (Å²) in [6.45, 7) is 1.96. The molecular formula is C9H14N6O2S. The second-order valence-electron chi connectivity index (χ2n) is 3.93. The molecule has 9 heteroatoms. The molecule has 98 valence electrons. The first-order valence-electron chi connectivity index (χ1n) is 5.29. The van der Waals surface area contributed by atoms with Gasteiger partial charge in [0.25, 0.3) is 15.2 Å². The van der Waals surface area contributed by atoms with E-state index in [9.17, 15) is 8.42 Å². The molecule has 0 saturated carbocycles. The zero-order valence-corrected chi connectivity index (χ0v) is 11.1. The molecule has 2 aromatic rings. The lowest BCUT2D eigenvalue weighted by Crippen LogP contribution is -2.17. The normalized spacial score (nSPS) is 12.0. The van der Waals surface area contributed by atoms with Crippen molar-refractivity contribution in [3.05, 3.63) is 11.9 Å². The number of sulfonamides is 1. The van der Waals surface area contributed by atoms with E-state index in [2.05, 4.69) is 15.3 Å². The van der Waals surface area contributed by atoms with E-state index < -0.39 is 10.0 Å². The summed E-state index contributed by atoms with van der Waals surface area (Å²) >= 11 is 0. The highest BCUT2D eigenvalue weighted by molar-refractivity contribution is 7.89. The number of nitrogens with two attached hydrogens (primary N) is 1. The average molecular weight is 270 g/mol. The highest BCUT2D eigenvalue weighted by Crippen LogP contribution is 2.22. The van der Waals surface area contributed by atoms with Crippen molar-refractivity contribution in [3.8, 4) is 11.4 Å². The minimum absolute atomic E-state index is 0.261. The first-order chi connectivity index (χ1) is 8.34. The predicted octanol–water partition coefficient (Wildman–Crippen LogP) is -0.575. The smallest absolute Gasteiger partial charge is 0.273 e. The summed E-state index contributed by atoms with van der Waals surface area (Å²) in [6, 6.07) is 0. The van der Waals surface area contributed by atoms with Crippen LogP contribution < -0.4 is 5.14 Å². The summed E-state index contributed by atoms with van der Waals surface area (Å²) in [7, 11) is -0.523. The van der Waals surface area contributed by atoms with Crippen LogP contribution in [0, 0.1) is 0 Å². The van der Waals surface area contributed by atoms with Gasteiger partial charge in [0, 0.05) is 20.3 Å². The van der Waals surface area contributed by atoms with E-state index in [1.54, 1.807) is 25.0 Å². The van der Waals surface area contributed by atoms with Gasteiger partial charge in [0.2, 0.25) is 0 Å². The molecule has 2 N–H and O–H groups in total. The van der Waals surface area contributed by atoms with E-state index in [1.807, 2.05) is 6.92 Å². The fraction of sp³-hybridized carbons (Fsp3) is 0.444. The van der Waals surface area contributed by atoms with E-state index in [1.165, 1.54) is 4.57 Å². The molecule has 0 fully saturated rings. The van der Waals surface area contributed by atoms with Gasteiger partial charge in [-0.2, -0.15) is 5.10 Å². The maximum absolute atomic E-state index is 11.3. The number of rotatable bonds is 3. The van der Waals surface area contributed by atoms with Gasteiger partial charge in [0.05, 0.1) is 11.3 Å². The fourth-order valence-electron chi connectivity index (χ4n) is 1.78. The van der Waals surface area contributed by atoms with Gasteiger partial charge in [-0.3, -0.25) is 9.25 Å². The minimum Gasteiger partial charge on any atom is -0.300 e. The van der Waals surface area contributed by atoms with Crippen LogP contribution >= 0.6 is 0 Å². The Morgan fingerprint density at radius 1 is 1.33 bits per heavy atom. The number of primary sulfonamides is 1. The molecule has 0 unspecified atom stereocenters. The summed E-state index contributed by atoms with van der Waals surface area (Å²) in [5.74, 6) is 0.434. The van der Waals surface area contributed by atoms with Gasteiger partial charge in [-0.05, 0) is 6.42 Å². The molecule has 8 nitrogen and oxygen atoms in total. The molecule has 0 aromatic carbocycles. The number of nitrogens with zero attached hydrogens (tertiary/aromatic N) is 5. The van der Waals surface area contributed by atoms with Gasteiger partial charge in [0.15, 0.2) is 5.82 Å². The van der Waals surface area contributed by atoms with Crippen molar-refractivity contribution in [2.24, 2.45) is 19.2 Å². The summed E-state index contributed by atoms with van der Waals surface area (Å²) in [5, 5.41) is 16.6. The monoisotopic (exact) mass is 270 g/mol. The van der Waals surface area contributed by atoms with Crippen molar-refractivity contribution in [1.82, 2.24) is 24.5 Å². The quantitative estimate of drug-likeness (QED) is 0.803. The Kier molecular flexibility index (Phi) is 2.95. The Labute approximate surface area is 104 Å². The van der Waals surface area contributed by atoms with E-state index in [0.717, 1.165) is 11.3 Å². The van der Waals surface area contributed by atoms with Gasteiger partial charge < -0.3 is 0 Å². The number of aryl methyl sites for hydroxylation is 2. The first-order valence-corrected chi connectivity index (χ1v) is 6.84. The number of aromatic nitrogens is 5. The molecule has 0 radical (unpaired) electrons. The van der Waals surface area contributed by atoms with Crippen LogP contribution in [0.15, 0.2) is 11.4 Å². The molecule has 0 atom stereocenters. The van der Waals surface area contributed by atoms with Crippen LogP contribution in [0.5, 0.6) is 0 Å². The molecule has 0 aliphatic carbocycles. The third-order valence-corrected chi connectivity index (χ3v) is 3.43. The van der Waals surface area contributed by atoms with E-state index in [0.29, 0.717) is 12.2 Å². The number of hydrogen-bond acceptors (Lipinski definition) is 5. The predicted molar refractivity (Wildman–Crippen MR) is 64.0 cm³/mol. The van der Waals surface area contributed by atoms with Gasteiger partial charge in [-0.15, -0.1) is 10.2 Å². The summed E-state index contributed by atoms with van der Waals surface area (Å²) < 4.78 is 25.6. The topological polar surface area (TPSA) is 109 Å². The van der Waals surface area contributed by atoms with Crippen molar-refractivity contribution in [1.29, 1.82) is 0 Å². The van der Waals surface area contributed by atoms with Crippen LogP contribution in [0.1, 0.15) is 12.6 Å². The third kappa shape index (κ3) is 2.02. The minimum atomic E-state index is -3.87. The molecule has 0 spiro atoms. The van der Waals surface area contributed by atoms with Crippen LogP contribution in [0.25, 0.3) is 11.4 Å². The maximum atomic E-state index is 11.3. The molecule has 0 aliphatic heterocycles. The molecule has 0 aliphatic rings. The van der Waals surface area contributed by atoms with E-state index in [-0.39, 0.29) is 5.16 Å². The van der Waals surface area contributed by atoms with Crippen molar-refractivity contribution >= 4 is 10.0 Å². The van der Waals surface area contributed by atoms with E-state index >= 15 is 0 Å². The third-order valence-electron chi connectivity index (χ3n) is 2.57. The Balaban J connectivity index is 2.62. The Morgan fingerprint density at radius 3 is 2.50 bits per heavy atom. The van der Waals surface area contributed by atoms with Gasteiger partial charge in [-0.25, -0.2) is 13.6 Å². The molecule has 0 amide bonds. The largest absolute Gasteiger partial charge is 0.300 e. The Morgan fingerprint density at radius 2 is 2.00 bits per heavy atom. The zero-order valence-electron chi connectivity index (χ0n) is 10.3. The maximum Gasteiger partial charge on any atom is 0.273 e. The van der Waals surface area contributed by atoms with Gasteiger partial charge in [-0.1, -0.05) is 6.92 Å². The molecule has 0 saturated heterocycles. The molecule has 18 heavy (non-hydrogen) atoms. The summed E-state index contributed by atoms with van der Waals surface area (Å²) in [4.78, 5) is 0. The molecule has 2 aromatic heterocycles. The van der Waals surface area contributed by atoms with Crippen LogP contribution in [-0.4, -0.2) is 33.0 Å². The van der Waals surface area contributed by atoms with Crippen molar-refractivity contribution in [2.45, 2.75) is 18.5 Å². The molecule has 2 rings (SSSR count). The van der Waals surface area contributed by atoms with E-state index in [4.69, 9.17) is 5.14 Å². The van der Waals surface area contributed by atoms with Crippen LogP contribution in [0.4, 0.5) is 0 Å². The van der Waals surface area contributed by atoms with Crippen molar-refractivity contribution in [3.63, 3.8) is 0 Å². The summed E-state index contributed by atoms with van der Waals surface area (Å²) in [5.41, 5.74) is 1.58. The highest BCUT2D eigenvalue weighted by atomic mass is 32.2. The lowest BCUT2D eigenvalue weighted by Gasteiger charge is -2.01. The van der Waals surface area contributed by atoms with Crippen molar-refractivity contribution < 1.29 is 8.42 Å². The highest BCUT2D eigenvalue weighted by Gasteiger charge is 2.21. The fourth-order valence-corrected chi connectivity index (χ4v) is 2.40. The molecule has 2 heterocycles. The lowest BCUT2D eigenvalue weighted by atomic mass is 10.2. The SMILES string of the molecule is CCc1nn(C)cc1-c1nnc(S(N)(=O)=O)n1C.